The molecule has 27 atom stereocenters. The third-order valence-electron chi connectivity index (χ3n) is 22.2. The van der Waals surface area contributed by atoms with Crippen LogP contribution < -0.4 is 9.79 Å². The summed E-state index contributed by atoms with van der Waals surface area (Å²) in [6.07, 6.45) is -5.65. The average Bonchev–Trinajstić information content (AvgIpc) is 0.770. The monoisotopic (exact) mass is 1780 g/mol. The number of phosphoric ester groups is 2. The molecule has 2 unspecified atom stereocenters. The Morgan fingerprint density at radius 1 is 0.320 bits per heavy atom. The van der Waals surface area contributed by atoms with Crippen molar-refractivity contribution in [1.82, 2.24) is 0 Å². The Morgan fingerprint density at radius 2 is 0.615 bits per heavy atom. The minimum atomic E-state index is -6.14. The number of aliphatic hydroxyl groups excluding tert-OH is 15. The first-order valence-corrected chi connectivity index (χ1v) is 45.4. The number of allylic oxidation sites excluding steroid dienone is 21. The van der Waals surface area contributed by atoms with Gasteiger partial charge in [0, 0.05) is 6.92 Å². The zero-order valence-electron chi connectivity index (χ0n) is 73.1. The number of hydrogen-bond acceptors (Lipinski definition) is 33. The molecule has 0 aromatic rings. The van der Waals surface area contributed by atoms with Crippen molar-refractivity contribution in [2.45, 2.75) is 372 Å². The van der Waals surface area contributed by atoms with E-state index in [0.29, 0.717) is 18.4 Å². The maximum atomic E-state index is 13.2. The number of carbonyl (C=O) groups excluding carboxylic acids is 1. The Labute approximate surface area is 719 Å². The van der Waals surface area contributed by atoms with Gasteiger partial charge in [-0.25, -0.2) is 4.31 Å². The Balaban J connectivity index is 1.00. The number of ether oxygens (including phenoxy) is 10. The second-order valence-corrected chi connectivity index (χ2v) is 35.9. The molecule has 33 nitrogen and oxygen atoms in total. The smallest absolute Gasteiger partial charge is 0.302 e. The lowest BCUT2D eigenvalue weighted by Crippen LogP contribution is -2.67. The normalized spacial score (nSPS) is 33.6. The molecule has 5 rings (SSSR count). The molecule has 5 fully saturated rings. The predicted molar refractivity (Wildman–Crippen MR) is 447 cm³/mol. The number of rotatable bonds is 51. The molecule has 0 amide bonds. The molecule has 122 heavy (non-hydrogen) atoms. The molecule has 0 radical (unpaired) electrons. The summed E-state index contributed by atoms with van der Waals surface area (Å²) in [6.45, 7) is 21.3. The number of phosphoric acid groups is 2. The highest BCUT2D eigenvalue weighted by Crippen LogP contribution is 2.57. The van der Waals surface area contributed by atoms with Crippen molar-refractivity contribution in [3.05, 3.63) is 128 Å². The molecule has 35 heteroatoms. The molecule has 0 aliphatic carbocycles. The Kier molecular flexibility index (Phi) is 48.9. The highest BCUT2D eigenvalue weighted by Gasteiger charge is 2.57. The minimum Gasteiger partial charge on any atom is -0.756 e. The van der Waals surface area contributed by atoms with Gasteiger partial charge >= 0.3 is 5.97 Å². The molecule has 0 bridgehead atoms. The van der Waals surface area contributed by atoms with Gasteiger partial charge in [0.2, 0.25) is 0 Å². The van der Waals surface area contributed by atoms with Gasteiger partial charge in [0.1, 0.15) is 129 Å². The zero-order valence-corrected chi connectivity index (χ0v) is 74.9. The molecule has 0 saturated carbocycles. The molecule has 5 heterocycles. The maximum Gasteiger partial charge on any atom is 0.302 e. The van der Waals surface area contributed by atoms with Crippen LogP contribution in [-0.4, -0.2) is 276 Å². The van der Waals surface area contributed by atoms with Crippen molar-refractivity contribution in [2.75, 3.05) is 39.6 Å². The third-order valence-corrected chi connectivity index (χ3v) is 24.8. The molecule has 0 aromatic carbocycles. The van der Waals surface area contributed by atoms with Gasteiger partial charge in [0.15, 0.2) is 31.5 Å². The van der Waals surface area contributed by atoms with Crippen LogP contribution in [0.3, 0.4) is 0 Å². The van der Waals surface area contributed by atoms with E-state index in [1.807, 2.05) is 6.92 Å². The van der Waals surface area contributed by atoms with Crippen LogP contribution in [0.15, 0.2) is 128 Å². The van der Waals surface area contributed by atoms with Gasteiger partial charge in [0.25, 0.3) is 15.6 Å². The van der Waals surface area contributed by atoms with Crippen molar-refractivity contribution >= 4 is 21.6 Å². The topological polar surface area (TPSA) is 521 Å². The Bertz CT molecular complexity index is 3600. The molecule has 700 valence electrons. The number of aliphatic hydroxyl groups is 15. The SMILES string of the molecule is C/C=C(/C)CC/C=C(/C)CC/C=C(/C)CC/C=C(/C)CC/C=C(/C)CC/C=C(/C)CC/C=C(/C)CC/C=C(/C)CC/C=C(\C)CC/C=C(\C)CC/C=C(\C)COP(=O)([O-])OP(=O)([O-])O[C@H]1O[C@H](CO)[C@H](O)[C@H](O[C@@H]2O[C@H](CO)[C@@H](O[C@@H]3O[C@H](COC(C)=O)[C@@H](O[C@@H]4O[C@H](CO[C@@H]5O[C@H](CO)[C@@H](O)[C@H](O)[C@H]5O)[C@@H](O)[C@H](O)[C@H]4O)[C@H](O)[C@H]3O)[C@H](O)[C@H]2O)[C@H]1O. The minimum absolute atomic E-state index is 0.394. The van der Waals surface area contributed by atoms with Gasteiger partial charge < -0.3 is 138 Å². The fourth-order valence-electron chi connectivity index (χ4n) is 14.2. The van der Waals surface area contributed by atoms with E-state index in [1.54, 1.807) is 13.0 Å². The molecule has 0 aromatic heterocycles. The summed E-state index contributed by atoms with van der Waals surface area (Å²) in [4.78, 5) is 38.1. The van der Waals surface area contributed by atoms with Crippen molar-refractivity contribution in [3.63, 3.8) is 0 Å². The summed E-state index contributed by atoms with van der Waals surface area (Å²) >= 11 is 0. The van der Waals surface area contributed by atoms with Gasteiger partial charge in [-0.3, -0.25) is 18.4 Å². The van der Waals surface area contributed by atoms with Crippen molar-refractivity contribution in [1.29, 1.82) is 0 Å². The highest BCUT2D eigenvalue weighted by molar-refractivity contribution is 7.59. The molecular weight excluding hydrogens is 1630 g/mol. The molecule has 15 N–H and O–H groups in total. The maximum absolute atomic E-state index is 13.2. The lowest BCUT2D eigenvalue weighted by molar-refractivity contribution is -0.389. The van der Waals surface area contributed by atoms with Crippen LogP contribution in [0, 0.1) is 0 Å². The van der Waals surface area contributed by atoms with E-state index in [9.17, 15) is 100 Å². The van der Waals surface area contributed by atoms with Crippen molar-refractivity contribution in [2.24, 2.45) is 0 Å². The summed E-state index contributed by atoms with van der Waals surface area (Å²) in [7, 11) is -11.9. The Hall–Kier alpha value is -4.09. The van der Waals surface area contributed by atoms with Gasteiger partial charge in [0.05, 0.1) is 33.0 Å². The van der Waals surface area contributed by atoms with Gasteiger partial charge in [-0.05, 0) is 212 Å². The van der Waals surface area contributed by atoms with Gasteiger partial charge in [-0.1, -0.05) is 128 Å². The van der Waals surface area contributed by atoms with Crippen molar-refractivity contribution in [3.8, 4) is 0 Å². The van der Waals surface area contributed by atoms with Gasteiger partial charge in [-0.15, -0.1) is 0 Å². The second-order valence-electron chi connectivity index (χ2n) is 33.0. The summed E-state index contributed by atoms with van der Waals surface area (Å²) < 4.78 is 95.3. The fraction of sp³-hybridized carbons (Fsp3) is 0.736. The van der Waals surface area contributed by atoms with E-state index in [0.717, 1.165) is 128 Å². The van der Waals surface area contributed by atoms with Crippen LogP contribution in [0.25, 0.3) is 0 Å². The number of hydrogen-bond donors (Lipinski definition) is 15. The van der Waals surface area contributed by atoms with Crippen LogP contribution in [-0.2, 0) is 74.7 Å². The zero-order chi connectivity index (χ0) is 90.7. The summed E-state index contributed by atoms with van der Waals surface area (Å²) in [6, 6.07) is 0. The van der Waals surface area contributed by atoms with Crippen LogP contribution >= 0.6 is 15.6 Å². The fourth-order valence-corrected chi connectivity index (χ4v) is 16.4. The first-order chi connectivity index (χ1) is 57.6. The van der Waals surface area contributed by atoms with Crippen LogP contribution in [0.5, 0.6) is 0 Å². The largest absolute Gasteiger partial charge is 0.756 e. The molecular formula is C87H142O33P2-2. The summed E-state index contributed by atoms with van der Waals surface area (Å²) in [5.41, 5.74) is 14.4. The van der Waals surface area contributed by atoms with E-state index >= 15 is 0 Å². The second kappa shape index (κ2) is 55.1. The average molecular weight is 1780 g/mol. The number of esters is 1. The van der Waals surface area contributed by atoms with Crippen LogP contribution in [0.2, 0.25) is 0 Å². The van der Waals surface area contributed by atoms with Crippen LogP contribution in [0.4, 0.5) is 0 Å². The first kappa shape index (κ1) is 108. The van der Waals surface area contributed by atoms with E-state index in [2.05, 4.69) is 134 Å². The van der Waals surface area contributed by atoms with Gasteiger partial charge in [-0.2, -0.15) is 0 Å². The lowest BCUT2D eigenvalue weighted by atomic mass is 9.95. The summed E-state index contributed by atoms with van der Waals surface area (Å²) in [5, 5.41) is 162. The number of carbonyl (C=O) groups is 1. The molecule has 0 spiro atoms. The third kappa shape index (κ3) is 37.2. The van der Waals surface area contributed by atoms with E-state index in [-0.39, 0.29) is 0 Å². The molecule has 5 saturated heterocycles. The van der Waals surface area contributed by atoms with Crippen LogP contribution in [0.1, 0.15) is 218 Å². The molecule has 5 aliphatic heterocycles. The van der Waals surface area contributed by atoms with Crippen molar-refractivity contribution < 1.29 is 161 Å². The van der Waals surface area contributed by atoms with E-state index in [1.165, 1.54) is 50.2 Å². The predicted octanol–water partition coefficient (Wildman–Crippen LogP) is 6.87. The van der Waals surface area contributed by atoms with E-state index in [4.69, 9.17) is 56.4 Å². The first-order valence-electron chi connectivity index (χ1n) is 42.5. The lowest BCUT2D eigenvalue weighted by Gasteiger charge is -2.49. The summed E-state index contributed by atoms with van der Waals surface area (Å²) in [5.74, 6) is -0.926. The van der Waals surface area contributed by atoms with E-state index < -0.39 is 215 Å². The highest BCUT2D eigenvalue weighted by atomic mass is 31.3. The quantitative estimate of drug-likeness (QED) is 0.0168. The Morgan fingerprint density at radius 3 is 0.984 bits per heavy atom. The standard InChI is InChI=1S/C87H144O33P2/c1-14-51(2)25-15-26-52(3)27-16-28-53(4)29-17-30-54(5)31-18-32-55(6)33-19-34-56(7)35-20-36-57(8)37-21-38-58(9)39-22-40-59(10)41-23-42-60(11)43-24-44-61(12)48-110-121(104,105)120-122(106,107)119-87-79(103)82(70(94)64(46-89)112-87)118-85-77(101)73(97)80(65(47-90)113-85)116-86-78(102)74(98)81(67(115-86)50-108-62(13)91)117-84-76(100)72(96)69(93)66(114-84)49-109-83-75(99)71(95)68(92)63(45-88)111-83/h14,26,28,30,32,34,36,38,40,42,44,63-90,92-103H,15-25,27,29,31,33,35,37,39,41,43,45-50H2,1-13H3,(H,104,105)(H,106,107)/p-2/b51-14-,52-26-,53-28-,54-30-,55-32-,56-34-,57-36-,58-38-,59-40+,60-42+,61-44+/t63-,64-,65-,66-,67-,68-,69-,70+,71+,72+,73-,74-,75-,76-,77-,78-,79-,80-,81-,82+,83-,84+,85+,86+,87-/m1/s1. The molecule has 5 aliphatic rings.